The summed E-state index contributed by atoms with van der Waals surface area (Å²) < 4.78 is 26.7. The second-order valence-electron chi connectivity index (χ2n) is 7.37. The van der Waals surface area contributed by atoms with E-state index in [4.69, 9.17) is 11.6 Å². The summed E-state index contributed by atoms with van der Waals surface area (Å²) in [4.78, 5) is 23.9. The summed E-state index contributed by atoms with van der Waals surface area (Å²) in [6.45, 7) is 4.17. The predicted molar refractivity (Wildman–Crippen MR) is 122 cm³/mol. The molecule has 0 saturated carbocycles. The Morgan fingerprint density at radius 1 is 1.00 bits per heavy atom. The summed E-state index contributed by atoms with van der Waals surface area (Å²) in [5.41, 5.74) is 1.60. The maximum atomic E-state index is 12.6. The van der Waals surface area contributed by atoms with Gasteiger partial charge in [-0.05, 0) is 62.2 Å². The van der Waals surface area contributed by atoms with Crippen molar-refractivity contribution in [3.8, 4) is 0 Å². The molecule has 2 amide bonds. The van der Waals surface area contributed by atoms with Gasteiger partial charge in [-0.2, -0.15) is 4.31 Å². The van der Waals surface area contributed by atoms with Crippen molar-refractivity contribution < 1.29 is 18.0 Å². The Bertz CT molecular complexity index is 1070. The molecular weight excluding hydrogens is 440 g/mol. The lowest BCUT2D eigenvalue weighted by Gasteiger charge is -2.17. The largest absolute Gasteiger partial charge is 0.374 e. The average Bonchev–Trinajstić information content (AvgIpc) is 3.26. The number of benzene rings is 2. The summed E-state index contributed by atoms with van der Waals surface area (Å²) in [6, 6.07) is 10.5. The zero-order chi connectivity index (χ0) is 22.6. The minimum Gasteiger partial charge on any atom is -0.374 e. The van der Waals surface area contributed by atoms with Crippen molar-refractivity contribution in [3.63, 3.8) is 0 Å². The first-order chi connectivity index (χ1) is 14.7. The van der Waals surface area contributed by atoms with E-state index < -0.39 is 16.1 Å². The van der Waals surface area contributed by atoms with Crippen LogP contribution in [0.4, 0.5) is 17.1 Å². The van der Waals surface area contributed by atoms with Crippen molar-refractivity contribution in [1.82, 2.24) is 4.31 Å². The lowest BCUT2D eigenvalue weighted by Crippen LogP contribution is -2.32. The van der Waals surface area contributed by atoms with E-state index in [2.05, 4.69) is 16.0 Å². The van der Waals surface area contributed by atoms with Crippen LogP contribution in [0, 0.1) is 0 Å². The highest BCUT2D eigenvalue weighted by molar-refractivity contribution is 7.89. The summed E-state index contributed by atoms with van der Waals surface area (Å²) in [5.74, 6) is -0.521. The van der Waals surface area contributed by atoms with E-state index in [0.717, 1.165) is 12.8 Å². The van der Waals surface area contributed by atoms with Crippen LogP contribution in [-0.4, -0.2) is 43.7 Å². The first-order valence-electron chi connectivity index (χ1n) is 9.91. The van der Waals surface area contributed by atoms with Crippen LogP contribution in [-0.2, 0) is 19.6 Å². The first-order valence-corrected chi connectivity index (χ1v) is 11.7. The molecule has 2 aromatic rings. The zero-order valence-electron chi connectivity index (χ0n) is 17.3. The maximum Gasteiger partial charge on any atom is 0.246 e. The Balaban J connectivity index is 1.61. The molecule has 0 bridgehead atoms. The quantitative estimate of drug-likeness (QED) is 0.581. The highest BCUT2D eigenvalue weighted by atomic mass is 35.5. The van der Waals surface area contributed by atoms with Gasteiger partial charge in [0.05, 0.1) is 15.6 Å². The average molecular weight is 465 g/mol. The van der Waals surface area contributed by atoms with Gasteiger partial charge in [-0.3, -0.25) is 9.59 Å². The Morgan fingerprint density at radius 3 is 2.19 bits per heavy atom. The summed E-state index contributed by atoms with van der Waals surface area (Å²) >= 11 is 6.16. The minimum absolute atomic E-state index is 0.215. The van der Waals surface area contributed by atoms with Crippen molar-refractivity contribution in [2.75, 3.05) is 29.0 Å². The molecule has 31 heavy (non-hydrogen) atoms. The van der Waals surface area contributed by atoms with E-state index in [1.165, 1.54) is 23.4 Å². The van der Waals surface area contributed by atoms with Gasteiger partial charge in [0.2, 0.25) is 21.8 Å². The summed E-state index contributed by atoms with van der Waals surface area (Å²) in [6.07, 6.45) is 1.75. The van der Waals surface area contributed by atoms with Crippen LogP contribution in [0.5, 0.6) is 0 Å². The third kappa shape index (κ3) is 5.75. The lowest BCUT2D eigenvalue weighted by molar-refractivity contribution is -0.116. The van der Waals surface area contributed by atoms with E-state index >= 15 is 0 Å². The molecule has 8 nitrogen and oxygen atoms in total. The van der Waals surface area contributed by atoms with Crippen molar-refractivity contribution >= 4 is 50.5 Å². The monoisotopic (exact) mass is 464 g/mol. The van der Waals surface area contributed by atoms with Crippen molar-refractivity contribution in [1.29, 1.82) is 0 Å². The lowest BCUT2D eigenvalue weighted by atomic mass is 10.2. The number of hydrogen-bond donors (Lipinski definition) is 3. The molecule has 3 N–H and O–H groups in total. The third-order valence-corrected chi connectivity index (χ3v) is 7.11. The number of anilines is 3. The number of halogens is 1. The van der Waals surface area contributed by atoms with E-state index in [9.17, 15) is 18.0 Å². The molecule has 1 heterocycles. The van der Waals surface area contributed by atoms with Crippen LogP contribution >= 0.6 is 11.6 Å². The number of hydrogen-bond acceptors (Lipinski definition) is 5. The second-order valence-corrected chi connectivity index (χ2v) is 9.71. The Labute approximate surface area is 187 Å². The van der Waals surface area contributed by atoms with Crippen molar-refractivity contribution in [2.24, 2.45) is 0 Å². The minimum atomic E-state index is -3.49. The number of carbonyl (C=O) groups excluding carboxylic acids is 2. The standard InChI is InChI=1S/C21H25ClN4O4S/c1-14(23-17-7-10-20(19(22)13-17)24-15(2)27)21(28)25-16-5-8-18(9-6-16)31(29,30)26-11-3-4-12-26/h5-10,13-14,23H,3-4,11-12H2,1-2H3,(H,24,27)(H,25,28). The number of nitrogens with one attached hydrogen (secondary N) is 3. The normalized spacial score (nSPS) is 15.3. The second kappa shape index (κ2) is 9.67. The molecule has 0 aliphatic carbocycles. The van der Waals surface area contributed by atoms with Gasteiger partial charge in [0, 0.05) is 31.4 Å². The molecule has 1 fully saturated rings. The topological polar surface area (TPSA) is 108 Å². The smallest absolute Gasteiger partial charge is 0.246 e. The first kappa shape index (κ1) is 23.1. The molecule has 0 spiro atoms. The molecule has 0 aromatic heterocycles. The molecule has 3 rings (SSSR count). The van der Waals surface area contributed by atoms with E-state index in [1.807, 2.05) is 0 Å². The molecule has 1 saturated heterocycles. The number of carbonyl (C=O) groups is 2. The van der Waals surface area contributed by atoms with Crippen LogP contribution in [0.2, 0.25) is 5.02 Å². The fraction of sp³-hybridized carbons (Fsp3) is 0.333. The van der Waals surface area contributed by atoms with Crippen LogP contribution in [0.15, 0.2) is 47.4 Å². The van der Waals surface area contributed by atoms with Crippen LogP contribution in [0.1, 0.15) is 26.7 Å². The zero-order valence-corrected chi connectivity index (χ0v) is 18.9. The number of nitrogens with zero attached hydrogens (tertiary/aromatic N) is 1. The van der Waals surface area contributed by atoms with Gasteiger partial charge in [0.15, 0.2) is 0 Å². The Morgan fingerprint density at radius 2 is 1.61 bits per heavy atom. The number of amides is 2. The molecular formula is C21H25ClN4O4S. The molecule has 1 unspecified atom stereocenters. The van der Waals surface area contributed by atoms with Crippen molar-refractivity contribution in [2.45, 2.75) is 37.6 Å². The molecule has 1 aliphatic rings. The van der Waals surface area contributed by atoms with Gasteiger partial charge in [0.1, 0.15) is 6.04 Å². The Kier molecular flexibility index (Phi) is 7.19. The van der Waals surface area contributed by atoms with E-state index in [-0.39, 0.29) is 16.7 Å². The summed E-state index contributed by atoms with van der Waals surface area (Å²) in [5, 5.41) is 8.77. The van der Waals surface area contributed by atoms with Gasteiger partial charge in [-0.15, -0.1) is 0 Å². The third-order valence-electron chi connectivity index (χ3n) is 4.88. The summed E-state index contributed by atoms with van der Waals surface area (Å²) in [7, 11) is -3.49. The fourth-order valence-corrected chi connectivity index (χ4v) is 4.99. The van der Waals surface area contributed by atoms with Crippen LogP contribution < -0.4 is 16.0 Å². The van der Waals surface area contributed by atoms with Gasteiger partial charge in [-0.25, -0.2) is 8.42 Å². The predicted octanol–water partition coefficient (Wildman–Crippen LogP) is 3.52. The van der Waals surface area contributed by atoms with Gasteiger partial charge in [0.25, 0.3) is 0 Å². The molecule has 1 atom stereocenters. The van der Waals surface area contributed by atoms with Crippen LogP contribution in [0.3, 0.4) is 0 Å². The Hall–Kier alpha value is -2.62. The molecule has 166 valence electrons. The SMILES string of the molecule is CC(=O)Nc1ccc(NC(C)C(=O)Nc2ccc(S(=O)(=O)N3CCCC3)cc2)cc1Cl. The van der Waals surface area contributed by atoms with Crippen LogP contribution in [0.25, 0.3) is 0 Å². The van der Waals surface area contributed by atoms with Gasteiger partial charge >= 0.3 is 0 Å². The number of rotatable bonds is 7. The van der Waals surface area contributed by atoms with E-state index in [1.54, 1.807) is 37.3 Å². The molecule has 10 heteroatoms. The highest BCUT2D eigenvalue weighted by Gasteiger charge is 2.27. The van der Waals surface area contributed by atoms with Gasteiger partial charge in [-0.1, -0.05) is 11.6 Å². The molecule has 2 aromatic carbocycles. The highest BCUT2D eigenvalue weighted by Crippen LogP contribution is 2.26. The molecule has 1 aliphatic heterocycles. The molecule has 0 radical (unpaired) electrons. The van der Waals surface area contributed by atoms with Crippen molar-refractivity contribution in [3.05, 3.63) is 47.5 Å². The van der Waals surface area contributed by atoms with E-state index in [0.29, 0.717) is 35.2 Å². The number of sulfonamides is 1. The maximum absolute atomic E-state index is 12.6. The van der Waals surface area contributed by atoms with Gasteiger partial charge < -0.3 is 16.0 Å². The fourth-order valence-electron chi connectivity index (χ4n) is 3.25.